The highest BCUT2D eigenvalue weighted by atomic mass is 16.5. The Morgan fingerprint density at radius 2 is 1.64 bits per heavy atom. The number of carbonyl (C=O) groups excluding carboxylic acids is 1. The Bertz CT molecular complexity index is 1070. The van der Waals surface area contributed by atoms with Gasteiger partial charge in [0.25, 0.3) is 5.91 Å². The van der Waals surface area contributed by atoms with E-state index < -0.39 is 0 Å². The molecule has 2 aromatic carbocycles. The summed E-state index contributed by atoms with van der Waals surface area (Å²) in [5.41, 5.74) is 1.30. The number of para-hydroxylation sites is 1. The molecule has 0 spiro atoms. The van der Waals surface area contributed by atoms with Crippen LogP contribution in [0.25, 0.3) is 5.82 Å². The molecule has 0 saturated carbocycles. The third-order valence-corrected chi connectivity index (χ3v) is 4.03. The van der Waals surface area contributed by atoms with Crippen molar-refractivity contribution in [1.29, 1.82) is 0 Å². The molecule has 0 fully saturated rings. The monoisotopic (exact) mass is 370 g/mol. The number of aryl methyl sites for hydroxylation is 1. The fourth-order valence-corrected chi connectivity index (χ4v) is 2.73. The van der Waals surface area contributed by atoms with Crippen LogP contribution in [0.3, 0.4) is 0 Å². The van der Waals surface area contributed by atoms with Crippen LogP contribution < -0.4 is 10.1 Å². The van der Waals surface area contributed by atoms with Crippen LogP contribution in [-0.2, 0) is 0 Å². The summed E-state index contributed by atoms with van der Waals surface area (Å²) in [6.07, 6.45) is 1.68. The lowest BCUT2D eigenvalue weighted by Crippen LogP contribution is -2.15. The fraction of sp³-hybridized carbons (Fsp3) is 0.0455. The van der Waals surface area contributed by atoms with E-state index in [-0.39, 0.29) is 5.91 Å². The second kappa shape index (κ2) is 7.75. The molecule has 28 heavy (non-hydrogen) atoms. The molecule has 0 radical (unpaired) electrons. The number of aromatic nitrogens is 3. The van der Waals surface area contributed by atoms with Gasteiger partial charge in [0.15, 0.2) is 5.82 Å². The predicted octanol–water partition coefficient (Wildman–Crippen LogP) is 4.62. The number of hydrogen-bond acceptors (Lipinski definition) is 4. The van der Waals surface area contributed by atoms with Crippen LogP contribution in [0.15, 0.2) is 85.1 Å². The Hall–Kier alpha value is -3.93. The standard InChI is InChI=1S/C22H18N4O2/c1-16-15-21(26(25-16)20-9-5-6-14-23-20)24-22(27)17-10-12-19(13-11-17)28-18-7-3-2-4-8-18/h2-15H,1H3,(H,24,27). The van der Waals surface area contributed by atoms with Gasteiger partial charge >= 0.3 is 0 Å². The van der Waals surface area contributed by atoms with Crippen molar-refractivity contribution in [3.8, 4) is 17.3 Å². The molecule has 0 saturated heterocycles. The van der Waals surface area contributed by atoms with Crippen LogP contribution in [0.5, 0.6) is 11.5 Å². The van der Waals surface area contributed by atoms with Crippen molar-refractivity contribution in [2.24, 2.45) is 0 Å². The first-order chi connectivity index (χ1) is 13.7. The van der Waals surface area contributed by atoms with Gasteiger partial charge in [0.2, 0.25) is 0 Å². The topological polar surface area (TPSA) is 69.0 Å². The van der Waals surface area contributed by atoms with Crippen LogP contribution in [0, 0.1) is 6.92 Å². The van der Waals surface area contributed by atoms with Gasteiger partial charge in [-0.2, -0.15) is 9.78 Å². The van der Waals surface area contributed by atoms with E-state index in [2.05, 4.69) is 15.4 Å². The highest BCUT2D eigenvalue weighted by molar-refractivity contribution is 6.04. The van der Waals surface area contributed by atoms with Gasteiger partial charge in [-0.3, -0.25) is 4.79 Å². The molecule has 6 heteroatoms. The van der Waals surface area contributed by atoms with Crippen molar-refractivity contribution in [2.45, 2.75) is 6.92 Å². The Morgan fingerprint density at radius 1 is 0.929 bits per heavy atom. The Balaban J connectivity index is 1.50. The molecule has 0 bridgehead atoms. The third kappa shape index (κ3) is 3.91. The van der Waals surface area contributed by atoms with E-state index in [1.165, 1.54) is 0 Å². The summed E-state index contributed by atoms with van der Waals surface area (Å²) in [5.74, 6) is 2.37. The van der Waals surface area contributed by atoms with Crippen molar-refractivity contribution in [2.75, 3.05) is 5.32 Å². The molecule has 0 aliphatic heterocycles. The fourth-order valence-electron chi connectivity index (χ4n) is 2.73. The van der Waals surface area contributed by atoms with E-state index in [0.29, 0.717) is 22.9 Å². The maximum Gasteiger partial charge on any atom is 0.256 e. The Labute approximate surface area is 162 Å². The van der Waals surface area contributed by atoms with E-state index in [0.717, 1.165) is 11.4 Å². The largest absolute Gasteiger partial charge is 0.457 e. The molecule has 1 amide bonds. The average Bonchev–Trinajstić information content (AvgIpc) is 3.10. The normalized spacial score (nSPS) is 10.5. The zero-order chi connectivity index (χ0) is 19.3. The molecule has 0 aliphatic carbocycles. The highest BCUT2D eigenvalue weighted by Gasteiger charge is 2.13. The number of carbonyl (C=O) groups is 1. The minimum atomic E-state index is -0.233. The van der Waals surface area contributed by atoms with Gasteiger partial charge in [0.1, 0.15) is 17.3 Å². The number of amides is 1. The maximum atomic E-state index is 12.7. The second-order valence-corrected chi connectivity index (χ2v) is 6.16. The van der Waals surface area contributed by atoms with Gasteiger partial charge in [0.05, 0.1) is 5.69 Å². The summed E-state index contributed by atoms with van der Waals surface area (Å²) in [6.45, 7) is 1.87. The first-order valence-corrected chi connectivity index (χ1v) is 8.81. The number of rotatable bonds is 5. The summed E-state index contributed by atoms with van der Waals surface area (Å²) in [7, 11) is 0. The van der Waals surface area contributed by atoms with Crippen LogP contribution >= 0.6 is 0 Å². The third-order valence-electron chi connectivity index (χ3n) is 4.03. The lowest BCUT2D eigenvalue weighted by atomic mass is 10.2. The van der Waals surface area contributed by atoms with E-state index in [1.54, 1.807) is 41.2 Å². The summed E-state index contributed by atoms with van der Waals surface area (Å²) >= 11 is 0. The molecule has 0 unspecified atom stereocenters. The smallest absolute Gasteiger partial charge is 0.256 e. The van der Waals surface area contributed by atoms with Crippen molar-refractivity contribution >= 4 is 11.7 Å². The Kier molecular flexibility index (Phi) is 4.84. The first-order valence-electron chi connectivity index (χ1n) is 8.81. The second-order valence-electron chi connectivity index (χ2n) is 6.16. The number of anilines is 1. The number of hydrogen-bond donors (Lipinski definition) is 1. The zero-order valence-electron chi connectivity index (χ0n) is 15.2. The molecular formula is C22H18N4O2. The van der Waals surface area contributed by atoms with E-state index in [1.807, 2.05) is 55.5 Å². The Morgan fingerprint density at radius 3 is 2.36 bits per heavy atom. The number of ether oxygens (including phenoxy) is 1. The molecule has 4 rings (SSSR count). The van der Waals surface area contributed by atoms with Crippen molar-refractivity contribution in [3.05, 3.63) is 96.3 Å². The van der Waals surface area contributed by atoms with Gasteiger partial charge in [0, 0.05) is 17.8 Å². The number of nitrogens with zero attached hydrogens (tertiary/aromatic N) is 3. The molecule has 0 aliphatic rings. The van der Waals surface area contributed by atoms with Crippen molar-refractivity contribution < 1.29 is 9.53 Å². The number of pyridine rings is 1. The summed E-state index contributed by atoms with van der Waals surface area (Å²) in [5, 5.41) is 7.30. The molecule has 0 atom stereocenters. The van der Waals surface area contributed by atoms with Crippen LogP contribution in [0.1, 0.15) is 16.1 Å². The van der Waals surface area contributed by atoms with Crippen molar-refractivity contribution in [1.82, 2.24) is 14.8 Å². The van der Waals surface area contributed by atoms with Gasteiger partial charge in [-0.25, -0.2) is 4.98 Å². The molecule has 1 N–H and O–H groups in total. The van der Waals surface area contributed by atoms with Crippen LogP contribution in [0.2, 0.25) is 0 Å². The summed E-state index contributed by atoms with van der Waals surface area (Å²) in [4.78, 5) is 17.0. The lowest BCUT2D eigenvalue weighted by molar-refractivity contribution is 0.102. The van der Waals surface area contributed by atoms with E-state index in [9.17, 15) is 4.79 Å². The SMILES string of the molecule is Cc1cc(NC(=O)c2ccc(Oc3ccccc3)cc2)n(-c2ccccn2)n1. The van der Waals surface area contributed by atoms with Gasteiger partial charge in [-0.1, -0.05) is 24.3 Å². The molecule has 138 valence electrons. The van der Waals surface area contributed by atoms with Gasteiger partial charge < -0.3 is 10.1 Å². The number of benzene rings is 2. The molecule has 6 nitrogen and oxygen atoms in total. The molecule has 2 heterocycles. The zero-order valence-corrected chi connectivity index (χ0v) is 15.2. The van der Waals surface area contributed by atoms with E-state index in [4.69, 9.17) is 4.74 Å². The molecular weight excluding hydrogens is 352 g/mol. The van der Waals surface area contributed by atoms with E-state index >= 15 is 0 Å². The minimum absolute atomic E-state index is 0.233. The average molecular weight is 370 g/mol. The first kappa shape index (κ1) is 17.5. The highest BCUT2D eigenvalue weighted by Crippen LogP contribution is 2.22. The summed E-state index contributed by atoms with van der Waals surface area (Å²) in [6, 6.07) is 23.8. The summed E-state index contributed by atoms with van der Waals surface area (Å²) < 4.78 is 7.37. The van der Waals surface area contributed by atoms with Crippen LogP contribution in [0.4, 0.5) is 5.82 Å². The predicted molar refractivity (Wildman–Crippen MR) is 107 cm³/mol. The lowest BCUT2D eigenvalue weighted by Gasteiger charge is -2.09. The maximum absolute atomic E-state index is 12.7. The number of nitrogens with one attached hydrogen (secondary N) is 1. The van der Waals surface area contributed by atoms with Gasteiger partial charge in [-0.15, -0.1) is 0 Å². The molecule has 4 aromatic rings. The van der Waals surface area contributed by atoms with Crippen LogP contribution in [-0.4, -0.2) is 20.7 Å². The molecule has 2 aromatic heterocycles. The van der Waals surface area contributed by atoms with Crippen molar-refractivity contribution in [3.63, 3.8) is 0 Å². The quantitative estimate of drug-likeness (QED) is 0.556. The minimum Gasteiger partial charge on any atom is -0.457 e. The van der Waals surface area contributed by atoms with Gasteiger partial charge in [-0.05, 0) is 55.5 Å².